The molecule has 4 atom stereocenters. The van der Waals surface area contributed by atoms with Crippen molar-refractivity contribution in [3.8, 4) is 5.75 Å². The van der Waals surface area contributed by atoms with Crippen molar-refractivity contribution in [2.75, 3.05) is 6.54 Å². The Morgan fingerprint density at radius 3 is 2.32 bits per heavy atom. The Balaban J connectivity index is 1.48. The summed E-state index contributed by atoms with van der Waals surface area (Å²) in [6.07, 6.45) is -4.19. The average Bonchev–Trinajstić information content (AvgIpc) is 3.35. The lowest BCUT2D eigenvalue weighted by molar-refractivity contribution is -0.152. The minimum absolute atomic E-state index is 0.0261. The molecule has 2 N–H and O–H groups in total. The quantitative estimate of drug-likeness (QED) is 0.285. The molecule has 14 heteroatoms. The van der Waals surface area contributed by atoms with E-state index in [2.05, 4.69) is 23.7 Å². The highest BCUT2D eigenvalue weighted by Gasteiger charge is 2.63. The third-order valence-corrected chi connectivity index (χ3v) is 10.5. The van der Waals surface area contributed by atoms with Gasteiger partial charge in [-0.15, -0.1) is 0 Å². The maximum absolute atomic E-state index is 14.6. The van der Waals surface area contributed by atoms with E-state index >= 15 is 0 Å². The summed E-state index contributed by atoms with van der Waals surface area (Å²) in [5, 5.41) is 24.7. The van der Waals surface area contributed by atoms with E-state index in [1.54, 1.807) is 6.92 Å². The number of carbonyl (C=O) groups excluding carboxylic acids is 1. The van der Waals surface area contributed by atoms with Gasteiger partial charge in [-0.05, 0) is 74.8 Å². The van der Waals surface area contributed by atoms with Crippen molar-refractivity contribution < 1.29 is 46.5 Å². The first-order valence-electron chi connectivity index (χ1n) is 14.6. The van der Waals surface area contributed by atoms with Crippen LogP contribution >= 0.6 is 11.6 Å². The summed E-state index contributed by atoms with van der Waals surface area (Å²) in [7, 11) is 0. The van der Waals surface area contributed by atoms with Crippen LogP contribution in [-0.2, 0) is 11.0 Å². The van der Waals surface area contributed by atoms with Crippen LogP contribution in [0, 0.1) is 22.7 Å². The minimum atomic E-state index is -4.97. The molecule has 44 heavy (non-hydrogen) atoms. The molecular formula is C30H35ClF5N3O5. The molecule has 0 spiro atoms. The zero-order valence-electron chi connectivity index (χ0n) is 24.5. The summed E-state index contributed by atoms with van der Waals surface area (Å²) in [6.45, 7) is 1.98. The van der Waals surface area contributed by atoms with Gasteiger partial charge in [-0.25, -0.2) is 0 Å². The summed E-state index contributed by atoms with van der Waals surface area (Å²) in [5.41, 5.74) is -3.17. The van der Waals surface area contributed by atoms with Gasteiger partial charge in [0.2, 0.25) is 0 Å². The van der Waals surface area contributed by atoms with Gasteiger partial charge in [0.1, 0.15) is 11.9 Å². The summed E-state index contributed by atoms with van der Waals surface area (Å²) in [6, 6.07) is 2.60. The SMILES string of the molecule is CC1(C)[C@@H]2C[C@@H](N(CC(O)c3c(Cl)cccc3OC(F)F)C(=O)c3cnn([C@H]4CC[C@](C)(C(=O)O)CC4)c3C(F)(F)F)C[C@@H]21. The summed E-state index contributed by atoms with van der Waals surface area (Å²) < 4.78 is 75.4. The number of amides is 1. The molecule has 0 aliphatic heterocycles. The lowest BCUT2D eigenvalue weighted by atomic mass is 9.74. The van der Waals surface area contributed by atoms with Gasteiger partial charge in [0, 0.05) is 11.6 Å². The number of carboxylic acid groups (broad SMARTS) is 1. The Morgan fingerprint density at radius 1 is 1.16 bits per heavy atom. The molecule has 1 amide bonds. The van der Waals surface area contributed by atoms with Crippen LogP contribution in [0.5, 0.6) is 5.75 Å². The molecule has 0 saturated heterocycles. The molecule has 2 aromatic rings. The first kappa shape index (κ1) is 32.5. The normalized spacial score (nSPS) is 28.4. The van der Waals surface area contributed by atoms with Gasteiger partial charge in [-0.3, -0.25) is 14.3 Å². The van der Waals surface area contributed by atoms with Crippen molar-refractivity contribution in [1.82, 2.24) is 14.7 Å². The summed E-state index contributed by atoms with van der Waals surface area (Å²) >= 11 is 6.24. The van der Waals surface area contributed by atoms with E-state index in [4.69, 9.17) is 11.6 Å². The van der Waals surface area contributed by atoms with Crippen molar-refractivity contribution in [2.45, 2.75) is 90.3 Å². The number of benzene rings is 1. The van der Waals surface area contributed by atoms with Crippen molar-refractivity contribution >= 4 is 23.5 Å². The smallest absolute Gasteiger partial charge is 0.433 e. The monoisotopic (exact) mass is 647 g/mol. The molecule has 1 heterocycles. The molecule has 242 valence electrons. The third kappa shape index (κ3) is 5.89. The second kappa shape index (κ2) is 11.5. The van der Waals surface area contributed by atoms with Crippen LogP contribution in [0.1, 0.15) is 93.1 Å². The maximum atomic E-state index is 14.6. The highest BCUT2D eigenvalue weighted by atomic mass is 35.5. The average molecular weight is 648 g/mol. The molecule has 8 nitrogen and oxygen atoms in total. The van der Waals surface area contributed by atoms with E-state index in [0.29, 0.717) is 12.8 Å². The van der Waals surface area contributed by atoms with Gasteiger partial charge >= 0.3 is 18.8 Å². The number of hydrogen-bond acceptors (Lipinski definition) is 5. The standard InChI is InChI=1S/C30H35ClF5N3O5/c1-28(2)18-11-16(12-19(18)28)38(14-21(40)23-20(31)5-4-6-22(23)44-27(32)33)25(41)17-13-37-39(24(17)30(34,35)36)15-7-9-29(3,10-8-15)26(42)43/h4-6,13,15-16,18-19,21,27,40H,7-12,14H2,1-3H3,(H,42,43)/t15-,16-,18-,19+,21?,29-. The number of halogens is 6. The second-order valence-corrected chi connectivity index (χ2v) is 13.5. The Bertz CT molecular complexity index is 1410. The highest BCUT2D eigenvalue weighted by Crippen LogP contribution is 2.67. The summed E-state index contributed by atoms with van der Waals surface area (Å²) in [4.78, 5) is 26.9. The number of aliphatic carboxylic acids is 1. The number of aliphatic hydroxyl groups excluding tert-OH is 1. The van der Waals surface area contributed by atoms with Crippen molar-refractivity contribution in [1.29, 1.82) is 0 Å². The molecule has 3 fully saturated rings. The van der Waals surface area contributed by atoms with Crippen molar-refractivity contribution in [3.63, 3.8) is 0 Å². The molecule has 3 aliphatic rings. The number of aliphatic hydroxyl groups is 1. The van der Waals surface area contributed by atoms with Gasteiger partial charge in [0.15, 0.2) is 5.69 Å². The van der Waals surface area contributed by atoms with Crippen LogP contribution in [0.15, 0.2) is 24.4 Å². The number of nitrogens with zero attached hydrogens (tertiary/aromatic N) is 3. The fourth-order valence-corrected chi connectivity index (χ4v) is 7.67. The van der Waals surface area contributed by atoms with Crippen LogP contribution in [0.3, 0.4) is 0 Å². The second-order valence-electron chi connectivity index (χ2n) is 13.1. The van der Waals surface area contributed by atoms with E-state index in [1.807, 2.05) is 0 Å². The van der Waals surface area contributed by atoms with E-state index in [0.717, 1.165) is 10.9 Å². The number of carbonyl (C=O) groups is 2. The highest BCUT2D eigenvalue weighted by molar-refractivity contribution is 6.31. The van der Waals surface area contributed by atoms with Gasteiger partial charge in [0.25, 0.3) is 5.91 Å². The lowest BCUT2D eigenvalue weighted by Gasteiger charge is -2.35. The number of alkyl halides is 5. The topological polar surface area (TPSA) is 105 Å². The predicted molar refractivity (Wildman–Crippen MR) is 148 cm³/mol. The fraction of sp³-hybridized carbons (Fsp3) is 0.633. The van der Waals surface area contributed by atoms with E-state index in [-0.39, 0.29) is 53.5 Å². The number of rotatable bonds is 9. The van der Waals surface area contributed by atoms with Gasteiger partial charge in [-0.2, -0.15) is 27.1 Å². The van der Waals surface area contributed by atoms with E-state index in [1.165, 1.54) is 23.1 Å². The predicted octanol–water partition coefficient (Wildman–Crippen LogP) is 6.97. The number of ether oxygens (including phenoxy) is 1. The lowest BCUT2D eigenvalue weighted by Crippen LogP contribution is -2.43. The molecule has 3 aliphatic carbocycles. The Morgan fingerprint density at radius 2 is 1.77 bits per heavy atom. The molecule has 3 saturated carbocycles. The molecular weight excluding hydrogens is 613 g/mol. The Hall–Kier alpha value is -2.93. The largest absolute Gasteiger partial charge is 0.481 e. The van der Waals surface area contributed by atoms with Crippen LogP contribution in [0.2, 0.25) is 5.02 Å². The zero-order chi connectivity index (χ0) is 32.4. The zero-order valence-corrected chi connectivity index (χ0v) is 25.2. The molecule has 0 radical (unpaired) electrons. The summed E-state index contributed by atoms with van der Waals surface area (Å²) in [5.74, 6) is -1.93. The fourth-order valence-electron chi connectivity index (χ4n) is 7.38. The molecule has 1 aromatic carbocycles. The van der Waals surface area contributed by atoms with Crippen molar-refractivity contribution in [2.24, 2.45) is 22.7 Å². The van der Waals surface area contributed by atoms with E-state index in [9.17, 15) is 41.8 Å². The maximum Gasteiger partial charge on any atom is 0.433 e. The van der Waals surface area contributed by atoms with Crippen LogP contribution in [0.25, 0.3) is 0 Å². The number of fused-ring (bicyclic) bond motifs is 1. The van der Waals surface area contributed by atoms with Gasteiger partial charge in [0.05, 0.1) is 34.8 Å². The number of carboxylic acids is 1. The van der Waals surface area contributed by atoms with Gasteiger partial charge in [-0.1, -0.05) is 31.5 Å². The van der Waals surface area contributed by atoms with Crippen molar-refractivity contribution in [3.05, 3.63) is 46.2 Å². The first-order chi connectivity index (χ1) is 20.5. The molecule has 5 rings (SSSR count). The minimum Gasteiger partial charge on any atom is -0.481 e. The molecule has 0 bridgehead atoms. The Labute approximate surface area is 256 Å². The Kier molecular flexibility index (Phi) is 8.45. The van der Waals surface area contributed by atoms with Gasteiger partial charge < -0.3 is 19.8 Å². The van der Waals surface area contributed by atoms with Crippen LogP contribution in [-0.4, -0.2) is 56.0 Å². The number of aromatic nitrogens is 2. The molecule has 1 aromatic heterocycles. The molecule has 1 unspecified atom stereocenters. The first-order valence-corrected chi connectivity index (χ1v) is 14.9. The van der Waals surface area contributed by atoms with Crippen LogP contribution < -0.4 is 4.74 Å². The van der Waals surface area contributed by atoms with Crippen LogP contribution in [0.4, 0.5) is 22.0 Å². The van der Waals surface area contributed by atoms with E-state index < -0.39 is 71.8 Å². The third-order valence-electron chi connectivity index (χ3n) is 10.2. The number of hydrogen-bond donors (Lipinski definition) is 2.